The van der Waals surface area contributed by atoms with Crippen molar-refractivity contribution in [1.29, 1.82) is 0 Å². The molecule has 3 aromatic rings. The second-order valence-electron chi connectivity index (χ2n) is 7.01. The van der Waals surface area contributed by atoms with Crippen LogP contribution in [0.15, 0.2) is 60.7 Å². The van der Waals surface area contributed by atoms with Gasteiger partial charge in [-0.3, -0.25) is 19.7 Å². The van der Waals surface area contributed by atoms with Gasteiger partial charge in [0.05, 0.1) is 17.1 Å². The molecule has 7 nitrogen and oxygen atoms in total. The molecule has 1 aliphatic rings. The molecule has 1 heterocycles. The summed E-state index contributed by atoms with van der Waals surface area (Å²) in [5, 5.41) is 11.4. The lowest BCUT2D eigenvalue weighted by molar-refractivity contribution is -0.385. The Kier molecular flexibility index (Phi) is 5.02. The van der Waals surface area contributed by atoms with E-state index in [1.807, 2.05) is 0 Å². The number of hydrogen-bond acceptors (Lipinski definition) is 6. The summed E-state index contributed by atoms with van der Waals surface area (Å²) in [4.78, 5) is 35.1. The number of ether oxygens (including phenoxy) is 2. The number of non-ortho nitro benzene ring substituents is 1. The lowest BCUT2D eigenvalue weighted by Crippen LogP contribution is -2.05. The van der Waals surface area contributed by atoms with Crippen LogP contribution in [0.4, 0.5) is 5.69 Å². The monoisotopic (exact) mass is 403 g/mol. The van der Waals surface area contributed by atoms with Gasteiger partial charge in [-0.1, -0.05) is 30.3 Å². The number of nitrogens with zero attached hydrogens (tertiary/aromatic N) is 1. The number of para-hydroxylation sites is 1. The molecule has 0 atom stereocenters. The third-order valence-corrected chi connectivity index (χ3v) is 4.69. The molecule has 0 aromatic heterocycles. The molecule has 150 valence electrons. The van der Waals surface area contributed by atoms with Gasteiger partial charge in [-0.2, -0.15) is 0 Å². The summed E-state index contributed by atoms with van der Waals surface area (Å²) in [6.45, 7) is 1.51. The summed E-state index contributed by atoms with van der Waals surface area (Å²) in [6.07, 6.45) is 0.395. The normalized spacial score (nSPS) is 12.2. The molecule has 0 aliphatic carbocycles. The van der Waals surface area contributed by atoms with E-state index < -0.39 is 4.92 Å². The van der Waals surface area contributed by atoms with E-state index in [9.17, 15) is 19.7 Å². The highest BCUT2D eigenvalue weighted by atomic mass is 16.6. The summed E-state index contributed by atoms with van der Waals surface area (Å²) in [7, 11) is 0. The zero-order valence-corrected chi connectivity index (χ0v) is 16.1. The second kappa shape index (κ2) is 7.79. The molecular weight excluding hydrogens is 386 g/mol. The fraction of sp³-hybridized carbons (Fsp3) is 0.130. The van der Waals surface area contributed by atoms with Crippen LogP contribution in [0.2, 0.25) is 0 Å². The van der Waals surface area contributed by atoms with Crippen molar-refractivity contribution in [2.75, 3.05) is 0 Å². The van der Waals surface area contributed by atoms with Crippen LogP contribution < -0.4 is 9.47 Å². The van der Waals surface area contributed by atoms with Gasteiger partial charge in [-0.25, -0.2) is 0 Å². The van der Waals surface area contributed by atoms with Crippen molar-refractivity contribution in [2.45, 2.75) is 19.8 Å². The quantitative estimate of drug-likeness (QED) is 0.437. The molecule has 0 N–H and O–H groups in total. The fourth-order valence-electron chi connectivity index (χ4n) is 3.34. The van der Waals surface area contributed by atoms with Gasteiger partial charge in [0.1, 0.15) is 34.3 Å². The molecule has 30 heavy (non-hydrogen) atoms. The minimum Gasteiger partial charge on any atom is -0.456 e. The first-order valence-electron chi connectivity index (χ1n) is 9.28. The van der Waals surface area contributed by atoms with Gasteiger partial charge in [0.15, 0.2) is 5.78 Å². The van der Waals surface area contributed by atoms with Crippen LogP contribution in [0, 0.1) is 10.1 Å². The molecule has 0 unspecified atom stereocenters. The lowest BCUT2D eigenvalue weighted by Gasteiger charge is -2.13. The van der Waals surface area contributed by atoms with Crippen molar-refractivity contribution >= 4 is 17.3 Å². The van der Waals surface area contributed by atoms with Crippen LogP contribution in [0.5, 0.6) is 23.0 Å². The van der Waals surface area contributed by atoms with E-state index in [1.165, 1.54) is 19.1 Å². The van der Waals surface area contributed by atoms with E-state index in [-0.39, 0.29) is 40.7 Å². The Balaban J connectivity index is 1.76. The Morgan fingerprint density at radius 3 is 2.53 bits per heavy atom. The van der Waals surface area contributed by atoms with Crippen molar-refractivity contribution in [3.8, 4) is 23.0 Å². The highest BCUT2D eigenvalue weighted by Crippen LogP contribution is 2.42. The first kappa shape index (κ1) is 19.3. The minimum absolute atomic E-state index is 0.0370. The number of Topliss-reactive ketones (excluding diaryl/α,β-unsaturated/α-hetero) is 2. The Morgan fingerprint density at radius 2 is 1.83 bits per heavy atom. The van der Waals surface area contributed by atoms with E-state index >= 15 is 0 Å². The highest BCUT2D eigenvalue weighted by Gasteiger charge is 2.28. The predicted octanol–water partition coefficient (Wildman–Crippen LogP) is 5.05. The van der Waals surface area contributed by atoms with Gasteiger partial charge in [0.2, 0.25) is 0 Å². The maximum absolute atomic E-state index is 13.0. The van der Waals surface area contributed by atoms with Gasteiger partial charge >= 0.3 is 0 Å². The number of nitro benzene ring substituents is 1. The molecule has 0 amide bonds. The topological polar surface area (TPSA) is 95.7 Å². The second-order valence-corrected chi connectivity index (χ2v) is 7.01. The van der Waals surface area contributed by atoms with Crippen molar-refractivity contribution < 1.29 is 24.0 Å². The van der Waals surface area contributed by atoms with Gasteiger partial charge in [0, 0.05) is 18.4 Å². The van der Waals surface area contributed by atoms with E-state index in [1.54, 1.807) is 48.5 Å². The molecule has 1 aliphatic heterocycles. The Hall–Kier alpha value is -4.00. The third kappa shape index (κ3) is 3.91. The molecule has 7 heteroatoms. The number of fused-ring (bicyclic) bond motifs is 2. The summed E-state index contributed by atoms with van der Waals surface area (Å²) in [6, 6.07) is 16.3. The molecule has 0 saturated carbocycles. The van der Waals surface area contributed by atoms with Crippen LogP contribution in [0.1, 0.15) is 28.4 Å². The van der Waals surface area contributed by atoms with E-state index in [2.05, 4.69) is 0 Å². The Bertz CT molecular complexity index is 1170. The zero-order valence-electron chi connectivity index (χ0n) is 16.1. The zero-order chi connectivity index (χ0) is 21.3. The number of carbonyl (C=O) groups excluding carboxylic acids is 2. The van der Waals surface area contributed by atoms with Crippen LogP contribution in [0.3, 0.4) is 0 Å². The Morgan fingerprint density at radius 1 is 1.10 bits per heavy atom. The molecule has 0 spiro atoms. The molecule has 4 rings (SSSR count). The number of benzene rings is 3. The average molecular weight is 403 g/mol. The fourth-order valence-corrected chi connectivity index (χ4v) is 3.34. The first-order chi connectivity index (χ1) is 14.4. The Labute approximate surface area is 172 Å². The molecule has 0 bridgehead atoms. The minimum atomic E-state index is -0.562. The van der Waals surface area contributed by atoms with Crippen molar-refractivity contribution in [3.63, 3.8) is 0 Å². The summed E-state index contributed by atoms with van der Waals surface area (Å²) in [5.41, 5.74) is 1.43. The number of ketones is 2. The maximum Gasteiger partial charge on any atom is 0.276 e. The predicted molar refractivity (Wildman–Crippen MR) is 109 cm³/mol. The lowest BCUT2D eigenvalue weighted by atomic mass is 10.0. The number of nitro groups is 1. The molecule has 0 saturated heterocycles. The number of hydrogen-bond donors (Lipinski definition) is 0. The standard InChI is InChI=1S/C23H17NO6/c1-14(25)10-15-6-8-18(9-7-15)29-21-12-17(24(27)28)13-22-23(21)19(26)11-16-4-2-3-5-20(16)30-22/h2-9,12-13H,10-11H2,1H3. The van der Waals surface area contributed by atoms with Crippen molar-refractivity contribution in [1.82, 2.24) is 0 Å². The van der Waals surface area contributed by atoms with Crippen LogP contribution in [0.25, 0.3) is 0 Å². The molecule has 0 fully saturated rings. The van der Waals surface area contributed by atoms with Crippen LogP contribution in [-0.2, 0) is 17.6 Å². The smallest absolute Gasteiger partial charge is 0.276 e. The van der Waals surface area contributed by atoms with E-state index in [0.717, 1.165) is 5.56 Å². The van der Waals surface area contributed by atoms with Gasteiger partial charge in [-0.05, 0) is 30.7 Å². The molecular formula is C23H17NO6. The third-order valence-electron chi connectivity index (χ3n) is 4.69. The van der Waals surface area contributed by atoms with Crippen molar-refractivity contribution in [3.05, 3.63) is 87.5 Å². The number of rotatable bonds is 5. The van der Waals surface area contributed by atoms with Crippen LogP contribution >= 0.6 is 0 Å². The SMILES string of the molecule is CC(=O)Cc1ccc(Oc2cc([N+](=O)[O-])cc3c2C(=O)Cc2ccccc2O3)cc1. The van der Waals surface area contributed by atoms with E-state index in [4.69, 9.17) is 9.47 Å². The summed E-state index contributed by atoms with van der Waals surface area (Å²) < 4.78 is 11.7. The van der Waals surface area contributed by atoms with Gasteiger partial charge in [-0.15, -0.1) is 0 Å². The maximum atomic E-state index is 13.0. The van der Waals surface area contributed by atoms with Gasteiger partial charge < -0.3 is 9.47 Å². The largest absolute Gasteiger partial charge is 0.456 e. The van der Waals surface area contributed by atoms with Crippen LogP contribution in [-0.4, -0.2) is 16.5 Å². The van der Waals surface area contributed by atoms with Crippen molar-refractivity contribution in [2.24, 2.45) is 0 Å². The average Bonchev–Trinajstić information content (AvgIpc) is 2.84. The first-order valence-corrected chi connectivity index (χ1v) is 9.28. The van der Waals surface area contributed by atoms with E-state index in [0.29, 0.717) is 23.5 Å². The van der Waals surface area contributed by atoms with Gasteiger partial charge in [0.25, 0.3) is 5.69 Å². The summed E-state index contributed by atoms with van der Waals surface area (Å²) >= 11 is 0. The highest BCUT2D eigenvalue weighted by molar-refractivity contribution is 6.04. The molecule has 0 radical (unpaired) electrons. The summed E-state index contributed by atoms with van der Waals surface area (Å²) in [5.74, 6) is 0.783. The number of carbonyl (C=O) groups is 2. The molecule has 3 aromatic carbocycles.